The van der Waals surface area contributed by atoms with E-state index in [1.165, 1.54) is 25.8 Å². The van der Waals surface area contributed by atoms with Gasteiger partial charge in [0.15, 0.2) is 17.0 Å². The summed E-state index contributed by atoms with van der Waals surface area (Å²) in [6.07, 6.45) is 2.72. The van der Waals surface area contributed by atoms with Crippen LogP contribution in [0.15, 0.2) is 23.2 Å². The highest BCUT2D eigenvalue weighted by atomic mass is 32.2. The number of carbonyl (C=O) groups is 2. The van der Waals surface area contributed by atoms with Gasteiger partial charge in [0.2, 0.25) is 0 Å². The Hall–Kier alpha value is -2.02. The van der Waals surface area contributed by atoms with Crippen LogP contribution in [0.1, 0.15) is 46.6 Å². The summed E-state index contributed by atoms with van der Waals surface area (Å²) in [4.78, 5) is 28.2. The van der Waals surface area contributed by atoms with Crippen LogP contribution in [-0.4, -0.2) is 42.5 Å². The molecule has 0 aliphatic carbocycles. The van der Waals surface area contributed by atoms with E-state index in [2.05, 4.69) is 18.8 Å². The molecule has 6 nitrogen and oxygen atoms in total. The summed E-state index contributed by atoms with van der Waals surface area (Å²) in [7, 11) is 1.33. The minimum atomic E-state index is -1.07. The summed E-state index contributed by atoms with van der Waals surface area (Å²) >= 11 is 1.35. The minimum absolute atomic E-state index is 0.308. The highest BCUT2D eigenvalue weighted by Gasteiger charge is 2.29. The van der Waals surface area contributed by atoms with Gasteiger partial charge in [0.25, 0.3) is 0 Å². The summed E-state index contributed by atoms with van der Waals surface area (Å²) < 4.78 is 16.1. The van der Waals surface area contributed by atoms with Crippen molar-refractivity contribution in [1.29, 1.82) is 0 Å². The number of esters is 2. The first kappa shape index (κ1) is 23.0. The van der Waals surface area contributed by atoms with E-state index in [1.54, 1.807) is 26.0 Å². The van der Waals surface area contributed by atoms with E-state index in [4.69, 9.17) is 14.2 Å². The minimum Gasteiger partial charge on any atom is -0.490 e. The monoisotopic (exact) mass is 395 g/mol. The summed E-state index contributed by atoms with van der Waals surface area (Å²) in [6, 6.07) is 5.35. The topological polar surface area (TPSA) is 74.2 Å². The Labute approximate surface area is 165 Å². The summed E-state index contributed by atoms with van der Waals surface area (Å²) in [6.45, 7) is 9.41. The first-order chi connectivity index (χ1) is 12.6. The van der Waals surface area contributed by atoms with Crippen molar-refractivity contribution in [1.82, 2.24) is 0 Å². The van der Waals surface area contributed by atoms with Gasteiger partial charge < -0.3 is 14.2 Å². The van der Waals surface area contributed by atoms with Crippen molar-refractivity contribution in [2.45, 2.75) is 46.6 Å². The van der Waals surface area contributed by atoms with Gasteiger partial charge in [-0.05, 0) is 44.6 Å². The molecule has 1 rings (SSSR count). The van der Waals surface area contributed by atoms with Crippen molar-refractivity contribution in [2.75, 3.05) is 20.0 Å². The Morgan fingerprint density at radius 3 is 2.44 bits per heavy atom. The van der Waals surface area contributed by atoms with Crippen LogP contribution in [0.2, 0.25) is 0 Å². The second-order valence-electron chi connectivity index (χ2n) is 6.93. The molecular weight excluding hydrogens is 366 g/mol. The van der Waals surface area contributed by atoms with Gasteiger partial charge >= 0.3 is 11.9 Å². The van der Waals surface area contributed by atoms with Gasteiger partial charge in [-0.15, -0.1) is 11.8 Å². The number of benzene rings is 1. The van der Waals surface area contributed by atoms with Crippen LogP contribution in [0.25, 0.3) is 0 Å². The number of methoxy groups -OCH3 is 1. The molecule has 1 aromatic rings. The lowest BCUT2D eigenvalue weighted by molar-refractivity contribution is -0.145. The lowest BCUT2D eigenvalue weighted by Gasteiger charge is -2.20. The van der Waals surface area contributed by atoms with Gasteiger partial charge in [-0.1, -0.05) is 19.9 Å². The van der Waals surface area contributed by atoms with Crippen LogP contribution in [0.3, 0.4) is 0 Å². The fourth-order valence-corrected chi connectivity index (χ4v) is 2.92. The van der Waals surface area contributed by atoms with Crippen LogP contribution >= 0.6 is 11.8 Å². The zero-order chi connectivity index (χ0) is 20.6. The van der Waals surface area contributed by atoms with Crippen molar-refractivity contribution in [3.8, 4) is 11.5 Å². The SMILES string of the molecule is COC(=O)C(C)(C)N=C(SC)c1cccc(OCCC(C)C)c1OC(C)=O. The van der Waals surface area contributed by atoms with E-state index in [0.29, 0.717) is 34.6 Å². The number of thioether (sulfide) groups is 1. The van der Waals surface area contributed by atoms with E-state index in [-0.39, 0.29) is 0 Å². The van der Waals surface area contributed by atoms with Crippen LogP contribution in [0, 0.1) is 5.92 Å². The second-order valence-corrected chi connectivity index (χ2v) is 7.72. The van der Waals surface area contributed by atoms with Gasteiger partial charge in [-0.25, -0.2) is 4.79 Å². The molecule has 0 bridgehead atoms. The molecule has 7 heteroatoms. The molecule has 0 spiro atoms. The number of hydrogen-bond acceptors (Lipinski definition) is 7. The predicted octanol–water partition coefficient (Wildman–Crippen LogP) is 4.10. The third-order valence-electron chi connectivity index (χ3n) is 3.67. The van der Waals surface area contributed by atoms with Crippen molar-refractivity contribution in [3.63, 3.8) is 0 Å². The van der Waals surface area contributed by atoms with Crippen molar-refractivity contribution >= 4 is 28.7 Å². The van der Waals surface area contributed by atoms with Gasteiger partial charge in [0.05, 0.1) is 19.3 Å². The van der Waals surface area contributed by atoms with E-state index >= 15 is 0 Å². The molecule has 0 saturated carbocycles. The number of nitrogens with zero attached hydrogens (tertiary/aromatic N) is 1. The molecule has 0 atom stereocenters. The average molecular weight is 396 g/mol. The van der Waals surface area contributed by atoms with E-state index in [0.717, 1.165) is 6.42 Å². The quantitative estimate of drug-likeness (QED) is 0.286. The fourth-order valence-electron chi connectivity index (χ4n) is 2.22. The smallest absolute Gasteiger partial charge is 0.333 e. The van der Waals surface area contributed by atoms with Crippen LogP contribution in [0.5, 0.6) is 11.5 Å². The Balaban J connectivity index is 3.37. The molecule has 0 aliphatic rings. The van der Waals surface area contributed by atoms with Crippen LogP contribution in [0.4, 0.5) is 0 Å². The molecule has 0 aromatic heterocycles. The fraction of sp³-hybridized carbons (Fsp3) is 0.550. The molecule has 0 radical (unpaired) electrons. The normalized spacial score (nSPS) is 12.1. The zero-order valence-electron chi connectivity index (χ0n) is 17.1. The second kappa shape index (κ2) is 10.3. The Morgan fingerprint density at radius 2 is 1.93 bits per heavy atom. The molecule has 0 aliphatic heterocycles. The number of carbonyl (C=O) groups excluding carboxylic acids is 2. The predicted molar refractivity (Wildman–Crippen MR) is 109 cm³/mol. The molecular formula is C20H29NO5S. The molecule has 0 heterocycles. The maximum Gasteiger partial charge on any atom is 0.333 e. The lowest BCUT2D eigenvalue weighted by atomic mass is 10.1. The molecule has 0 amide bonds. The Morgan fingerprint density at radius 1 is 1.26 bits per heavy atom. The third-order valence-corrected chi connectivity index (χ3v) is 4.37. The number of para-hydroxylation sites is 1. The molecule has 0 saturated heterocycles. The number of rotatable bonds is 8. The summed E-state index contributed by atoms with van der Waals surface area (Å²) in [5.74, 6) is 0.370. The van der Waals surface area contributed by atoms with Gasteiger partial charge in [0.1, 0.15) is 5.04 Å². The average Bonchev–Trinajstić information content (AvgIpc) is 2.59. The number of ether oxygens (including phenoxy) is 3. The largest absolute Gasteiger partial charge is 0.490 e. The van der Waals surface area contributed by atoms with Crippen LogP contribution in [-0.2, 0) is 14.3 Å². The lowest BCUT2D eigenvalue weighted by Crippen LogP contribution is -2.31. The summed E-state index contributed by atoms with van der Waals surface area (Å²) in [5, 5.41) is 0.552. The Bertz CT molecular complexity index is 698. The molecule has 150 valence electrons. The molecule has 0 N–H and O–H groups in total. The number of hydrogen-bond donors (Lipinski definition) is 0. The first-order valence-corrected chi connectivity index (χ1v) is 10.0. The van der Waals surface area contributed by atoms with Crippen molar-refractivity contribution in [2.24, 2.45) is 10.9 Å². The molecule has 27 heavy (non-hydrogen) atoms. The highest BCUT2D eigenvalue weighted by Crippen LogP contribution is 2.35. The van der Waals surface area contributed by atoms with E-state index in [1.807, 2.05) is 12.3 Å². The zero-order valence-corrected chi connectivity index (χ0v) is 17.9. The highest BCUT2D eigenvalue weighted by molar-refractivity contribution is 8.13. The maximum atomic E-state index is 12.0. The molecule has 0 unspecified atom stereocenters. The number of aliphatic imine (C=N–C) groups is 1. The standard InChI is InChI=1S/C20H29NO5S/c1-13(2)11-12-25-16-10-8-9-15(17(16)26-14(3)22)18(27-7)21-20(4,5)19(23)24-6/h8-10,13H,11-12H2,1-7H3. The Kier molecular flexibility index (Phi) is 8.82. The van der Waals surface area contributed by atoms with Crippen molar-refractivity contribution in [3.05, 3.63) is 23.8 Å². The maximum absolute atomic E-state index is 12.0. The summed E-state index contributed by atoms with van der Waals surface area (Å²) in [5.41, 5.74) is -0.480. The van der Waals surface area contributed by atoms with Crippen molar-refractivity contribution < 1.29 is 23.8 Å². The van der Waals surface area contributed by atoms with E-state index < -0.39 is 17.5 Å². The molecule has 1 aromatic carbocycles. The van der Waals surface area contributed by atoms with Crippen LogP contribution < -0.4 is 9.47 Å². The van der Waals surface area contributed by atoms with Gasteiger partial charge in [-0.2, -0.15) is 0 Å². The van der Waals surface area contributed by atoms with Gasteiger partial charge in [-0.3, -0.25) is 9.79 Å². The first-order valence-electron chi connectivity index (χ1n) is 8.79. The van der Waals surface area contributed by atoms with E-state index in [9.17, 15) is 9.59 Å². The molecule has 0 fully saturated rings. The van der Waals surface area contributed by atoms with Gasteiger partial charge in [0, 0.05) is 6.92 Å². The third kappa shape index (κ3) is 6.90.